The number of nitrogens with one attached hydrogen (secondary N) is 1. The van der Waals surface area contributed by atoms with E-state index in [2.05, 4.69) is 27.9 Å². The maximum atomic E-state index is 14.1. The molecular weight excluding hydrogens is 470 g/mol. The van der Waals surface area contributed by atoms with Gasteiger partial charge in [-0.3, -0.25) is 4.79 Å². The van der Waals surface area contributed by atoms with Crippen molar-refractivity contribution >= 4 is 44.2 Å². The van der Waals surface area contributed by atoms with Crippen molar-refractivity contribution in [3.8, 4) is 0 Å². The number of hydrogen-bond acceptors (Lipinski definition) is 3. The minimum Gasteiger partial charge on any atom is -0.322 e. The van der Waals surface area contributed by atoms with Crippen molar-refractivity contribution < 1.29 is 17.6 Å². The van der Waals surface area contributed by atoms with Crippen molar-refractivity contribution in [1.29, 1.82) is 0 Å². The number of sulfonamides is 1. The van der Waals surface area contributed by atoms with E-state index in [9.17, 15) is 17.6 Å². The van der Waals surface area contributed by atoms with Crippen LogP contribution in [0.2, 0.25) is 0 Å². The number of benzene rings is 2. The number of carbonyl (C=O) groups is 1. The number of amides is 1. The third kappa shape index (κ3) is 4.41. The van der Waals surface area contributed by atoms with Gasteiger partial charge in [0.1, 0.15) is 10.7 Å². The minimum absolute atomic E-state index is 0.0766. The lowest BCUT2D eigenvalue weighted by molar-refractivity contribution is 0.102. The molecule has 1 amide bonds. The van der Waals surface area contributed by atoms with Gasteiger partial charge in [0.05, 0.1) is 0 Å². The molecule has 0 spiro atoms. The average molecular weight is 490 g/mol. The summed E-state index contributed by atoms with van der Waals surface area (Å²) in [5.41, 5.74) is 1.74. The van der Waals surface area contributed by atoms with Gasteiger partial charge in [-0.2, -0.15) is 4.31 Å². The second kappa shape index (κ2) is 8.45. The molecule has 140 valence electrons. The standard InChI is InChI=1S/C18H20FIN2O3S/c1-4-22(5-2)26(24,25)17-10-13(7-9-15(17)19)18(23)21-14-8-6-12(3)16(20)11-14/h6-11H,4-5H2,1-3H3,(H,21,23). The molecule has 0 bridgehead atoms. The van der Waals surface area contributed by atoms with Crippen molar-refractivity contribution in [3.63, 3.8) is 0 Å². The lowest BCUT2D eigenvalue weighted by Crippen LogP contribution is -2.31. The minimum atomic E-state index is -4.00. The molecule has 2 rings (SSSR count). The highest BCUT2D eigenvalue weighted by molar-refractivity contribution is 14.1. The number of aryl methyl sites for hydroxylation is 1. The lowest BCUT2D eigenvalue weighted by atomic mass is 10.2. The third-order valence-corrected chi connectivity index (χ3v) is 7.17. The number of rotatable bonds is 6. The second-order valence-corrected chi connectivity index (χ2v) is 8.72. The van der Waals surface area contributed by atoms with Crippen molar-refractivity contribution in [2.45, 2.75) is 25.7 Å². The van der Waals surface area contributed by atoms with E-state index in [0.29, 0.717) is 5.69 Å². The SMILES string of the molecule is CCN(CC)S(=O)(=O)c1cc(C(=O)Nc2ccc(C)c(I)c2)ccc1F. The van der Waals surface area contributed by atoms with Gasteiger partial charge in [-0.1, -0.05) is 19.9 Å². The fraction of sp³-hybridized carbons (Fsp3) is 0.278. The molecule has 0 aliphatic rings. The van der Waals surface area contributed by atoms with Crippen molar-refractivity contribution in [3.05, 3.63) is 56.9 Å². The molecule has 26 heavy (non-hydrogen) atoms. The average Bonchev–Trinajstić information content (AvgIpc) is 2.59. The Morgan fingerprint density at radius 3 is 2.38 bits per heavy atom. The third-order valence-electron chi connectivity index (χ3n) is 3.95. The Morgan fingerprint density at radius 2 is 1.81 bits per heavy atom. The molecule has 0 radical (unpaired) electrons. The van der Waals surface area contributed by atoms with E-state index in [1.54, 1.807) is 19.9 Å². The van der Waals surface area contributed by atoms with Crippen LogP contribution in [0.25, 0.3) is 0 Å². The smallest absolute Gasteiger partial charge is 0.255 e. The summed E-state index contributed by atoms with van der Waals surface area (Å²) in [5.74, 6) is -1.38. The highest BCUT2D eigenvalue weighted by Crippen LogP contribution is 2.22. The van der Waals surface area contributed by atoms with Gasteiger partial charge in [-0.15, -0.1) is 0 Å². The summed E-state index contributed by atoms with van der Waals surface area (Å²) in [7, 11) is -4.00. The summed E-state index contributed by atoms with van der Waals surface area (Å²) in [6.45, 7) is 5.74. The van der Waals surface area contributed by atoms with Gasteiger partial charge >= 0.3 is 0 Å². The summed E-state index contributed by atoms with van der Waals surface area (Å²) in [6, 6.07) is 8.79. The number of nitrogens with zero attached hydrogens (tertiary/aromatic N) is 1. The molecule has 0 aromatic heterocycles. The molecule has 0 saturated heterocycles. The Morgan fingerprint density at radius 1 is 1.15 bits per heavy atom. The monoisotopic (exact) mass is 490 g/mol. The van der Waals surface area contributed by atoms with Crippen LogP contribution >= 0.6 is 22.6 Å². The van der Waals surface area contributed by atoms with E-state index >= 15 is 0 Å². The fourth-order valence-electron chi connectivity index (χ4n) is 2.42. The summed E-state index contributed by atoms with van der Waals surface area (Å²) >= 11 is 2.16. The molecule has 0 heterocycles. The molecule has 0 fully saturated rings. The zero-order chi connectivity index (χ0) is 19.5. The van der Waals surface area contributed by atoms with Crippen LogP contribution in [-0.4, -0.2) is 31.7 Å². The Kier molecular flexibility index (Phi) is 6.75. The molecule has 0 aliphatic carbocycles. The highest BCUT2D eigenvalue weighted by Gasteiger charge is 2.26. The number of halogens is 2. The van der Waals surface area contributed by atoms with Gasteiger partial charge in [0, 0.05) is 27.9 Å². The normalized spacial score (nSPS) is 11.6. The Hall–Kier alpha value is -1.52. The Balaban J connectivity index is 2.36. The van der Waals surface area contributed by atoms with E-state index in [-0.39, 0.29) is 18.7 Å². The van der Waals surface area contributed by atoms with Crippen LogP contribution in [-0.2, 0) is 10.0 Å². The zero-order valence-corrected chi connectivity index (χ0v) is 17.7. The quantitative estimate of drug-likeness (QED) is 0.623. The van der Waals surface area contributed by atoms with Gasteiger partial charge in [0.2, 0.25) is 10.0 Å². The second-order valence-electron chi connectivity index (χ2n) is 5.65. The molecule has 0 atom stereocenters. The van der Waals surface area contributed by atoms with Crippen molar-refractivity contribution in [2.75, 3.05) is 18.4 Å². The molecule has 1 N–H and O–H groups in total. The first-order valence-corrected chi connectivity index (χ1v) is 10.6. The van der Waals surface area contributed by atoms with Crippen LogP contribution in [0.15, 0.2) is 41.3 Å². The van der Waals surface area contributed by atoms with Crippen LogP contribution in [0.1, 0.15) is 29.8 Å². The molecule has 2 aromatic carbocycles. The first kappa shape index (κ1) is 20.8. The largest absolute Gasteiger partial charge is 0.322 e. The van der Waals surface area contributed by atoms with Gasteiger partial charge in [0.15, 0.2) is 0 Å². The van der Waals surface area contributed by atoms with E-state index in [0.717, 1.165) is 25.6 Å². The summed E-state index contributed by atoms with van der Waals surface area (Å²) in [4.78, 5) is 12.0. The van der Waals surface area contributed by atoms with E-state index in [1.807, 2.05) is 19.1 Å². The predicted octanol–water partition coefficient (Wildman–Crippen LogP) is 4.02. The lowest BCUT2D eigenvalue weighted by Gasteiger charge is -2.19. The molecule has 0 saturated carbocycles. The number of anilines is 1. The topological polar surface area (TPSA) is 66.5 Å². The molecule has 0 aliphatic heterocycles. The van der Waals surface area contributed by atoms with Gasteiger partial charge in [-0.25, -0.2) is 12.8 Å². The summed E-state index contributed by atoms with van der Waals surface area (Å²) in [5, 5.41) is 2.71. The molecule has 8 heteroatoms. The van der Waals surface area contributed by atoms with Gasteiger partial charge in [0.25, 0.3) is 5.91 Å². The first-order valence-electron chi connectivity index (χ1n) is 8.07. The van der Waals surface area contributed by atoms with Crippen LogP contribution in [0.5, 0.6) is 0 Å². The van der Waals surface area contributed by atoms with Crippen LogP contribution in [0, 0.1) is 16.3 Å². The highest BCUT2D eigenvalue weighted by atomic mass is 127. The van der Waals surface area contributed by atoms with Gasteiger partial charge in [-0.05, 0) is 65.4 Å². The molecule has 5 nitrogen and oxygen atoms in total. The molecular formula is C18H20FIN2O3S. The Bertz CT molecular complexity index is 928. The zero-order valence-electron chi connectivity index (χ0n) is 14.7. The number of carbonyl (C=O) groups excluding carboxylic acids is 1. The summed E-state index contributed by atoms with van der Waals surface area (Å²) < 4.78 is 41.5. The maximum absolute atomic E-state index is 14.1. The Labute approximate surface area is 166 Å². The first-order chi connectivity index (χ1) is 12.2. The van der Waals surface area contributed by atoms with E-state index in [1.165, 1.54) is 6.07 Å². The van der Waals surface area contributed by atoms with Crippen LogP contribution in [0.4, 0.5) is 10.1 Å². The molecule has 2 aromatic rings. The van der Waals surface area contributed by atoms with E-state index in [4.69, 9.17) is 0 Å². The predicted molar refractivity (Wildman–Crippen MR) is 108 cm³/mol. The van der Waals surface area contributed by atoms with Crippen molar-refractivity contribution in [2.24, 2.45) is 0 Å². The van der Waals surface area contributed by atoms with Crippen molar-refractivity contribution in [1.82, 2.24) is 4.31 Å². The molecule has 0 unspecified atom stereocenters. The number of hydrogen-bond donors (Lipinski definition) is 1. The summed E-state index contributed by atoms with van der Waals surface area (Å²) in [6.07, 6.45) is 0. The maximum Gasteiger partial charge on any atom is 0.255 e. The van der Waals surface area contributed by atoms with E-state index < -0.39 is 26.6 Å². The fourth-order valence-corrected chi connectivity index (χ4v) is 4.48. The van der Waals surface area contributed by atoms with Gasteiger partial charge < -0.3 is 5.32 Å². The van der Waals surface area contributed by atoms with Crippen LogP contribution < -0.4 is 5.32 Å². The van der Waals surface area contributed by atoms with Crippen LogP contribution in [0.3, 0.4) is 0 Å².